The van der Waals surface area contributed by atoms with Crippen molar-refractivity contribution in [1.29, 1.82) is 0 Å². The second-order valence-electron chi connectivity index (χ2n) is 14.6. The van der Waals surface area contributed by atoms with Gasteiger partial charge < -0.3 is 18.7 Å². The Balaban J connectivity index is 0.976. The molecule has 6 heteroatoms. The molecule has 11 aromatic rings. The summed E-state index contributed by atoms with van der Waals surface area (Å²) in [5.41, 5.74) is 11.7. The van der Waals surface area contributed by atoms with Crippen molar-refractivity contribution >= 4 is 77.4 Å². The van der Waals surface area contributed by atoms with Gasteiger partial charge in [0.15, 0.2) is 12.0 Å². The van der Waals surface area contributed by atoms with Crippen LogP contribution in [0, 0.1) is 0 Å². The number of nitrogens with zero attached hydrogens (tertiary/aromatic N) is 3. The van der Waals surface area contributed by atoms with Crippen molar-refractivity contribution in [1.82, 2.24) is 9.88 Å². The van der Waals surface area contributed by atoms with E-state index in [1.807, 2.05) is 48.5 Å². The van der Waals surface area contributed by atoms with Crippen LogP contribution >= 0.6 is 0 Å². The third kappa shape index (κ3) is 4.97. The molecule has 0 fully saturated rings. The lowest BCUT2D eigenvalue weighted by Gasteiger charge is -2.23. The Morgan fingerprint density at radius 3 is 1.98 bits per heavy atom. The molecule has 1 unspecified atom stereocenters. The number of fused-ring (bicyclic) bond motifs is 9. The lowest BCUT2D eigenvalue weighted by Crippen LogP contribution is -2.33. The van der Waals surface area contributed by atoms with Crippen LogP contribution in [0.4, 0.5) is 0 Å². The van der Waals surface area contributed by atoms with Crippen molar-refractivity contribution in [2.45, 2.75) is 6.17 Å². The Kier molecular flexibility index (Phi) is 6.89. The number of nitrogens with one attached hydrogen (secondary N) is 1. The van der Waals surface area contributed by atoms with E-state index in [1.165, 1.54) is 21.8 Å². The predicted molar refractivity (Wildman–Crippen MR) is 233 cm³/mol. The van der Waals surface area contributed by atoms with Crippen LogP contribution in [0.3, 0.4) is 0 Å². The quantitative estimate of drug-likeness (QED) is 0.192. The normalized spacial score (nSPS) is 14.5. The van der Waals surface area contributed by atoms with Crippen LogP contribution in [0.15, 0.2) is 201 Å². The van der Waals surface area contributed by atoms with Crippen molar-refractivity contribution in [3.05, 3.63) is 199 Å². The molecule has 3 aromatic heterocycles. The minimum atomic E-state index is -0.472. The lowest BCUT2D eigenvalue weighted by molar-refractivity contribution is 0.628. The van der Waals surface area contributed by atoms with Gasteiger partial charge in [-0.15, -0.1) is 0 Å². The first-order chi connectivity index (χ1) is 28.2. The summed E-state index contributed by atoms with van der Waals surface area (Å²) in [6.07, 6.45) is -0.472. The van der Waals surface area contributed by atoms with Gasteiger partial charge in [0.2, 0.25) is 0 Å². The Morgan fingerprint density at radius 1 is 0.456 bits per heavy atom. The molecule has 8 aromatic carbocycles. The van der Waals surface area contributed by atoms with Gasteiger partial charge in [0, 0.05) is 49.1 Å². The number of amidine groups is 2. The fourth-order valence-electron chi connectivity index (χ4n) is 8.62. The van der Waals surface area contributed by atoms with Gasteiger partial charge in [-0.3, -0.25) is 0 Å². The summed E-state index contributed by atoms with van der Waals surface area (Å²) in [5.74, 6) is 1.33. The standard InChI is InChI=1S/C51H32N4O2/c1-3-13-31(14-4-1)49-52-50(40-21-11-19-38-36-18-8-10-24-45(36)56-47(38)40)54-51(53-49)41-22-12-20-39-37-27-25-33(30-46(37)57-48(39)41)32-26-28-44-42(29-32)35-17-7-9-23-43(35)55(44)34-15-5-2-6-16-34/h1-30,51H,(H,52,53,54). The summed E-state index contributed by atoms with van der Waals surface area (Å²) in [5, 5.41) is 10.3. The maximum Gasteiger partial charge on any atom is 0.159 e. The Morgan fingerprint density at radius 2 is 1.11 bits per heavy atom. The largest absolute Gasteiger partial charge is 0.456 e. The average Bonchev–Trinajstić information content (AvgIpc) is 3.96. The maximum atomic E-state index is 6.84. The first-order valence-corrected chi connectivity index (χ1v) is 19.2. The molecule has 0 aliphatic carbocycles. The Hall–Kier alpha value is -7.70. The van der Waals surface area contributed by atoms with Gasteiger partial charge in [-0.2, -0.15) is 0 Å². The van der Waals surface area contributed by atoms with E-state index in [-0.39, 0.29) is 0 Å². The molecule has 1 aliphatic heterocycles. The van der Waals surface area contributed by atoms with E-state index in [1.54, 1.807) is 0 Å². The first kappa shape index (κ1) is 31.6. The number of benzene rings is 8. The fourth-order valence-corrected chi connectivity index (χ4v) is 8.62. The van der Waals surface area contributed by atoms with E-state index in [0.717, 1.165) is 77.4 Å². The molecule has 0 radical (unpaired) electrons. The van der Waals surface area contributed by atoms with Gasteiger partial charge in [0.05, 0.1) is 16.6 Å². The van der Waals surface area contributed by atoms with Crippen LogP contribution in [-0.2, 0) is 0 Å². The van der Waals surface area contributed by atoms with E-state index in [9.17, 15) is 0 Å². The Bertz CT molecular complexity index is 3440. The average molecular weight is 733 g/mol. The lowest BCUT2D eigenvalue weighted by atomic mass is 10.0. The molecule has 6 nitrogen and oxygen atoms in total. The molecular formula is C51H32N4O2. The van der Waals surface area contributed by atoms with Crippen molar-refractivity contribution in [2.75, 3.05) is 0 Å². The van der Waals surface area contributed by atoms with E-state index in [4.69, 9.17) is 18.8 Å². The molecule has 12 rings (SSSR count). The topological polar surface area (TPSA) is 68.0 Å². The number of hydrogen-bond donors (Lipinski definition) is 1. The minimum absolute atomic E-state index is 0.472. The summed E-state index contributed by atoms with van der Waals surface area (Å²) in [6.45, 7) is 0. The summed E-state index contributed by atoms with van der Waals surface area (Å²) in [4.78, 5) is 10.3. The molecule has 1 aliphatic rings. The van der Waals surface area contributed by atoms with Crippen molar-refractivity contribution in [2.24, 2.45) is 9.98 Å². The smallest absolute Gasteiger partial charge is 0.159 e. The molecule has 0 spiro atoms. The predicted octanol–water partition coefficient (Wildman–Crippen LogP) is 12.7. The number of para-hydroxylation sites is 5. The van der Waals surface area contributed by atoms with Gasteiger partial charge >= 0.3 is 0 Å². The molecule has 0 amide bonds. The number of aromatic nitrogens is 1. The molecule has 0 saturated heterocycles. The minimum Gasteiger partial charge on any atom is -0.456 e. The van der Waals surface area contributed by atoms with E-state index in [0.29, 0.717) is 11.7 Å². The fraction of sp³-hybridized carbons (Fsp3) is 0.0196. The van der Waals surface area contributed by atoms with Gasteiger partial charge in [0.25, 0.3) is 0 Å². The number of hydrogen-bond acceptors (Lipinski definition) is 5. The summed E-state index contributed by atoms with van der Waals surface area (Å²) < 4.78 is 15.6. The van der Waals surface area contributed by atoms with Crippen LogP contribution in [0.25, 0.3) is 82.5 Å². The maximum absolute atomic E-state index is 6.84. The van der Waals surface area contributed by atoms with Crippen molar-refractivity contribution in [3.63, 3.8) is 0 Å². The second kappa shape index (κ2) is 12.4. The third-order valence-electron chi connectivity index (χ3n) is 11.3. The van der Waals surface area contributed by atoms with E-state index < -0.39 is 6.17 Å². The van der Waals surface area contributed by atoms with Crippen LogP contribution in [0.2, 0.25) is 0 Å². The summed E-state index contributed by atoms with van der Waals surface area (Å²) in [7, 11) is 0. The van der Waals surface area contributed by atoms with Crippen LogP contribution in [0.1, 0.15) is 22.9 Å². The van der Waals surface area contributed by atoms with E-state index >= 15 is 0 Å². The molecule has 268 valence electrons. The van der Waals surface area contributed by atoms with Gasteiger partial charge in [-0.05, 0) is 65.7 Å². The summed E-state index contributed by atoms with van der Waals surface area (Å²) >= 11 is 0. The molecule has 4 heterocycles. The SMILES string of the molecule is c1ccc(C2=NC(c3cccc4c3oc3cc(-c5ccc6c(c5)c5ccccc5n6-c5ccccc5)ccc34)NC(c3cccc4c3oc3ccccc34)=N2)cc1. The zero-order valence-corrected chi connectivity index (χ0v) is 30.6. The number of aliphatic imine (C=N–C) groups is 2. The van der Waals surface area contributed by atoms with Gasteiger partial charge in [-0.25, -0.2) is 9.98 Å². The monoisotopic (exact) mass is 732 g/mol. The highest BCUT2D eigenvalue weighted by Gasteiger charge is 2.26. The highest BCUT2D eigenvalue weighted by atomic mass is 16.3. The number of furan rings is 2. The molecule has 0 saturated carbocycles. The van der Waals surface area contributed by atoms with Crippen molar-refractivity contribution in [3.8, 4) is 16.8 Å². The molecule has 0 bridgehead atoms. The van der Waals surface area contributed by atoms with Crippen LogP contribution in [-0.4, -0.2) is 16.2 Å². The van der Waals surface area contributed by atoms with Crippen molar-refractivity contribution < 1.29 is 8.83 Å². The first-order valence-electron chi connectivity index (χ1n) is 19.2. The highest BCUT2D eigenvalue weighted by Crippen LogP contribution is 2.40. The second-order valence-corrected chi connectivity index (χ2v) is 14.6. The van der Waals surface area contributed by atoms with Gasteiger partial charge in [-0.1, -0.05) is 127 Å². The van der Waals surface area contributed by atoms with Gasteiger partial charge in [0.1, 0.15) is 28.2 Å². The third-order valence-corrected chi connectivity index (χ3v) is 11.3. The zero-order valence-electron chi connectivity index (χ0n) is 30.6. The summed E-state index contributed by atoms with van der Waals surface area (Å²) in [6, 6.07) is 63.3. The molecule has 57 heavy (non-hydrogen) atoms. The Labute approximate surface area is 326 Å². The number of rotatable bonds is 5. The molecular weight excluding hydrogens is 701 g/mol. The molecule has 1 N–H and O–H groups in total. The highest BCUT2D eigenvalue weighted by molar-refractivity contribution is 6.19. The van der Waals surface area contributed by atoms with Crippen LogP contribution in [0.5, 0.6) is 0 Å². The molecule has 1 atom stereocenters. The zero-order chi connectivity index (χ0) is 37.5. The van der Waals surface area contributed by atoms with Crippen LogP contribution < -0.4 is 5.32 Å². The van der Waals surface area contributed by atoms with E-state index in [2.05, 4.69) is 143 Å².